The van der Waals surface area contributed by atoms with E-state index in [-0.39, 0.29) is 19.0 Å². The average molecular weight is 421 g/mol. The number of carbonyl (C=O) groups is 3. The monoisotopic (exact) mass is 421 g/mol. The highest BCUT2D eigenvalue weighted by Gasteiger charge is 2.21. The van der Waals surface area contributed by atoms with Gasteiger partial charge in [-0.3, -0.25) is 9.59 Å². The first-order valence-electron chi connectivity index (χ1n) is 9.84. The van der Waals surface area contributed by atoms with Gasteiger partial charge in [-0.15, -0.1) is 0 Å². The molecule has 0 aliphatic heterocycles. The molecule has 164 valence electrons. The molecule has 8 nitrogen and oxygen atoms in total. The van der Waals surface area contributed by atoms with Gasteiger partial charge >= 0.3 is 11.9 Å². The van der Waals surface area contributed by atoms with Crippen LogP contribution in [0, 0.1) is 5.82 Å². The third-order valence-electron chi connectivity index (χ3n) is 3.92. The number of carbonyl (C=O) groups excluding carboxylic acids is 2. The van der Waals surface area contributed by atoms with Crippen molar-refractivity contribution >= 4 is 23.7 Å². The van der Waals surface area contributed by atoms with Crippen LogP contribution < -0.4 is 5.32 Å². The molecule has 0 bridgehead atoms. The summed E-state index contributed by atoms with van der Waals surface area (Å²) in [6.07, 6.45) is 8.16. The van der Waals surface area contributed by atoms with Crippen LogP contribution in [-0.2, 0) is 16.1 Å². The first-order chi connectivity index (χ1) is 14.3. The first-order valence-corrected chi connectivity index (χ1v) is 9.84. The van der Waals surface area contributed by atoms with Gasteiger partial charge in [0.05, 0.1) is 24.1 Å². The molecule has 2 aromatic rings. The standard InChI is InChI=1S/C15H14FN3O5.C6H14/c1-2-24-12(20)7-19-6-11(17-8-19)18-14(21)13-9(15(22)23)4-3-5-10(13)16;1-3-5-6-4-2/h3-6,8H,2,7H2,1H3,(H,18,21)(H,22,23);3-6H2,1-2H3. The highest BCUT2D eigenvalue weighted by molar-refractivity contribution is 6.10. The highest BCUT2D eigenvalue weighted by atomic mass is 19.1. The Hall–Kier alpha value is -3.23. The summed E-state index contributed by atoms with van der Waals surface area (Å²) in [6, 6.07) is 3.31. The molecule has 1 aromatic carbocycles. The topological polar surface area (TPSA) is 111 Å². The number of ether oxygens (including phenoxy) is 1. The van der Waals surface area contributed by atoms with Crippen LogP contribution in [0.1, 0.15) is 67.2 Å². The Bertz CT molecular complexity index is 847. The number of benzene rings is 1. The number of carboxylic acids is 1. The zero-order valence-electron chi connectivity index (χ0n) is 17.5. The molecule has 9 heteroatoms. The summed E-state index contributed by atoms with van der Waals surface area (Å²) in [7, 11) is 0. The molecule has 1 aromatic heterocycles. The van der Waals surface area contributed by atoms with Crippen molar-refractivity contribution in [3.63, 3.8) is 0 Å². The maximum atomic E-state index is 13.8. The lowest BCUT2D eigenvalue weighted by atomic mass is 10.1. The van der Waals surface area contributed by atoms with Crippen molar-refractivity contribution < 1.29 is 28.6 Å². The Morgan fingerprint density at radius 1 is 1.17 bits per heavy atom. The number of imidazole rings is 1. The number of hydrogen-bond acceptors (Lipinski definition) is 5. The lowest BCUT2D eigenvalue weighted by Gasteiger charge is -2.07. The molecule has 30 heavy (non-hydrogen) atoms. The first kappa shape index (κ1) is 24.8. The second-order valence-electron chi connectivity index (χ2n) is 6.37. The quantitative estimate of drug-likeness (QED) is 0.465. The van der Waals surface area contributed by atoms with E-state index in [1.807, 2.05) is 0 Å². The van der Waals surface area contributed by atoms with Crippen LogP contribution in [-0.4, -0.2) is 39.1 Å². The molecule has 0 saturated heterocycles. The van der Waals surface area contributed by atoms with Gasteiger partial charge in [-0.05, 0) is 19.1 Å². The molecule has 0 fully saturated rings. The number of hydrogen-bond donors (Lipinski definition) is 2. The number of amides is 1. The molecule has 0 aliphatic carbocycles. The third-order valence-corrected chi connectivity index (χ3v) is 3.92. The predicted octanol–water partition coefficient (Wildman–Crippen LogP) is 4.12. The van der Waals surface area contributed by atoms with Gasteiger partial charge in [0.1, 0.15) is 12.4 Å². The molecule has 0 atom stereocenters. The van der Waals surface area contributed by atoms with E-state index in [4.69, 9.17) is 9.84 Å². The van der Waals surface area contributed by atoms with Gasteiger partial charge in [0.2, 0.25) is 0 Å². The Labute approximate surface area is 175 Å². The van der Waals surface area contributed by atoms with Gasteiger partial charge in [-0.1, -0.05) is 45.6 Å². The van der Waals surface area contributed by atoms with Crippen LogP contribution in [0.4, 0.5) is 10.2 Å². The van der Waals surface area contributed by atoms with Crippen LogP contribution >= 0.6 is 0 Å². The summed E-state index contributed by atoms with van der Waals surface area (Å²) >= 11 is 0. The Balaban J connectivity index is 0.000000656. The van der Waals surface area contributed by atoms with Crippen LogP contribution in [0.3, 0.4) is 0 Å². The van der Waals surface area contributed by atoms with E-state index < -0.39 is 34.8 Å². The number of aromatic carboxylic acids is 1. The van der Waals surface area contributed by atoms with Gasteiger partial charge in [0.15, 0.2) is 5.82 Å². The number of rotatable bonds is 9. The fourth-order valence-corrected chi connectivity index (χ4v) is 2.48. The van der Waals surface area contributed by atoms with Crippen molar-refractivity contribution in [2.24, 2.45) is 0 Å². The number of carboxylic acid groups (broad SMARTS) is 1. The SMILES string of the molecule is CCCCCC.CCOC(=O)Cn1cnc(NC(=O)c2c(F)cccc2C(=O)O)c1. The molecule has 2 N–H and O–H groups in total. The number of nitrogens with one attached hydrogen (secondary N) is 1. The van der Waals surface area contributed by atoms with E-state index >= 15 is 0 Å². The maximum absolute atomic E-state index is 13.8. The summed E-state index contributed by atoms with van der Waals surface area (Å²) in [6.45, 7) is 6.27. The Morgan fingerprint density at radius 3 is 2.40 bits per heavy atom. The fourth-order valence-electron chi connectivity index (χ4n) is 2.48. The zero-order valence-corrected chi connectivity index (χ0v) is 17.5. The summed E-state index contributed by atoms with van der Waals surface area (Å²) < 4.78 is 20.0. The van der Waals surface area contributed by atoms with Gasteiger partial charge in [-0.2, -0.15) is 0 Å². The number of unbranched alkanes of at least 4 members (excludes halogenated alkanes) is 3. The largest absolute Gasteiger partial charge is 0.478 e. The number of nitrogens with zero attached hydrogens (tertiary/aromatic N) is 2. The molecule has 0 spiro atoms. The van der Waals surface area contributed by atoms with Crippen LogP contribution in [0.25, 0.3) is 0 Å². The molecule has 0 radical (unpaired) electrons. The van der Waals surface area contributed by atoms with E-state index in [9.17, 15) is 18.8 Å². The number of esters is 1. The molecule has 1 amide bonds. The average Bonchev–Trinajstić information content (AvgIpc) is 3.13. The molecule has 0 saturated carbocycles. The summed E-state index contributed by atoms with van der Waals surface area (Å²) in [4.78, 5) is 38.4. The lowest BCUT2D eigenvalue weighted by Crippen LogP contribution is -2.18. The predicted molar refractivity (Wildman–Crippen MR) is 110 cm³/mol. The summed E-state index contributed by atoms with van der Waals surface area (Å²) in [5, 5.41) is 11.3. The van der Waals surface area contributed by atoms with E-state index in [0.29, 0.717) is 0 Å². The fraction of sp³-hybridized carbons (Fsp3) is 0.429. The molecule has 1 heterocycles. The summed E-state index contributed by atoms with van der Waals surface area (Å²) in [5.74, 6) is -3.77. The van der Waals surface area contributed by atoms with Crippen LogP contribution in [0.5, 0.6) is 0 Å². The van der Waals surface area contributed by atoms with Gasteiger partial charge in [0.25, 0.3) is 5.91 Å². The molecule has 0 aliphatic rings. The number of halogens is 1. The minimum absolute atomic E-state index is 0.0453. The van der Waals surface area contributed by atoms with Gasteiger partial charge in [0, 0.05) is 6.20 Å². The smallest absolute Gasteiger partial charge is 0.336 e. The minimum Gasteiger partial charge on any atom is -0.478 e. The van der Waals surface area contributed by atoms with E-state index in [1.54, 1.807) is 6.92 Å². The lowest BCUT2D eigenvalue weighted by molar-refractivity contribution is -0.143. The van der Waals surface area contributed by atoms with Crippen LogP contribution in [0.15, 0.2) is 30.7 Å². The van der Waals surface area contributed by atoms with Crippen molar-refractivity contribution in [2.75, 3.05) is 11.9 Å². The Kier molecular flexibility index (Phi) is 10.8. The normalized spacial score (nSPS) is 10.0. The maximum Gasteiger partial charge on any atom is 0.336 e. The second-order valence-corrected chi connectivity index (χ2v) is 6.37. The van der Waals surface area contributed by atoms with Crippen LogP contribution in [0.2, 0.25) is 0 Å². The van der Waals surface area contributed by atoms with Crippen molar-refractivity contribution in [3.05, 3.63) is 47.7 Å². The van der Waals surface area contributed by atoms with E-state index in [0.717, 1.165) is 12.1 Å². The number of aromatic nitrogens is 2. The van der Waals surface area contributed by atoms with E-state index in [2.05, 4.69) is 24.1 Å². The van der Waals surface area contributed by atoms with Gasteiger partial charge < -0.3 is 19.7 Å². The van der Waals surface area contributed by atoms with Crippen molar-refractivity contribution in [1.82, 2.24) is 9.55 Å². The number of anilines is 1. The highest BCUT2D eigenvalue weighted by Crippen LogP contribution is 2.16. The van der Waals surface area contributed by atoms with Gasteiger partial charge in [-0.25, -0.2) is 14.2 Å². The van der Waals surface area contributed by atoms with Crippen molar-refractivity contribution in [2.45, 2.75) is 53.0 Å². The van der Waals surface area contributed by atoms with Crippen molar-refractivity contribution in [1.29, 1.82) is 0 Å². The van der Waals surface area contributed by atoms with E-state index in [1.165, 1.54) is 48.8 Å². The Morgan fingerprint density at radius 2 is 1.83 bits per heavy atom. The third kappa shape index (κ3) is 8.02. The second kappa shape index (κ2) is 13.1. The van der Waals surface area contributed by atoms with Crippen molar-refractivity contribution in [3.8, 4) is 0 Å². The molecule has 2 rings (SSSR count). The summed E-state index contributed by atoms with van der Waals surface area (Å²) in [5.41, 5.74) is -1.05. The molecular weight excluding hydrogens is 393 g/mol. The minimum atomic E-state index is -1.42. The molecular formula is C21H28FN3O5. The zero-order chi connectivity index (χ0) is 22.5. The molecule has 0 unspecified atom stereocenters.